The molecule has 1 fully saturated rings. The highest BCUT2D eigenvalue weighted by atomic mass is 16.5. The molecule has 2 aromatic carbocycles. The summed E-state index contributed by atoms with van der Waals surface area (Å²) in [4.78, 5) is 15.5. The van der Waals surface area contributed by atoms with E-state index in [1.165, 1.54) is 19.3 Å². The summed E-state index contributed by atoms with van der Waals surface area (Å²) in [7, 11) is 4.78. The molecule has 0 aromatic heterocycles. The molecule has 1 aliphatic rings. The summed E-state index contributed by atoms with van der Waals surface area (Å²) < 4.78 is 16.2. The Labute approximate surface area is 172 Å². The van der Waals surface area contributed by atoms with E-state index in [9.17, 15) is 4.79 Å². The van der Waals surface area contributed by atoms with Crippen molar-refractivity contribution >= 4 is 5.91 Å². The van der Waals surface area contributed by atoms with E-state index in [1.807, 2.05) is 12.1 Å². The second kappa shape index (κ2) is 10.2. The molecule has 1 atom stereocenters. The molecule has 1 unspecified atom stereocenters. The second-order valence-electron chi connectivity index (χ2n) is 7.14. The van der Waals surface area contributed by atoms with Gasteiger partial charge in [0.25, 0.3) is 5.91 Å². The first kappa shape index (κ1) is 21.0. The highest BCUT2D eigenvalue weighted by Gasteiger charge is 2.25. The molecule has 2 aromatic rings. The first-order valence-electron chi connectivity index (χ1n) is 10.0. The Kier molecular flexibility index (Phi) is 7.36. The standard InChI is InChI=1S/C23H30N2O4/c1-27-18-10-7-9-17(15-18)19(25-13-5-4-6-14-25)16-24-23(26)22-20(28-2)11-8-12-21(22)29-3/h7-12,15,19H,4-6,13-14,16H2,1-3H3,(H,24,26). The van der Waals surface area contributed by atoms with Crippen LogP contribution in [0, 0.1) is 0 Å². The lowest BCUT2D eigenvalue weighted by Crippen LogP contribution is -2.40. The van der Waals surface area contributed by atoms with Crippen molar-refractivity contribution in [1.82, 2.24) is 10.2 Å². The van der Waals surface area contributed by atoms with Gasteiger partial charge in [-0.05, 0) is 55.8 Å². The average Bonchev–Trinajstić information content (AvgIpc) is 2.79. The van der Waals surface area contributed by atoms with Gasteiger partial charge < -0.3 is 19.5 Å². The number of hydrogen-bond donors (Lipinski definition) is 1. The van der Waals surface area contributed by atoms with Gasteiger partial charge in [0.1, 0.15) is 22.8 Å². The van der Waals surface area contributed by atoms with Gasteiger partial charge in [-0.25, -0.2) is 0 Å². The molecule has 1 saturated heterocycles. The number of likely N-dealkylation sites (tertiary alicyclic amines) is 1. The van der Waals surface area contributed by atoms with E-state index in [2.05, 4.69) is 22.3 Å². The molecule has 156 valence electrons. The lowest BCUT2D eigenvalue weighted by Gasteiger charge is -2.35. The van der Waals surface area contributed by atoms with E-state index >= 15 is 0 Å². The molecule has 0 spiro atoms. The van der Waals surface area contributed by atoms with Crippen LogP contribution < -0.4 is 19.5 Å². The predicted octanol–water partition coefficient (Wildman–Crippen LogP) is 3.67. The van der Waals surface area contributed by atoms with E-state index < -0.39 is 0 Å². The Morgan fingerprint density at radius 1 is 0.966 bits per heavy atom. The van der Waals surface area contributed by atoms with Gasteiger partial charge in [0, 0.05) is 6.54 Å². The van der Waals surface area contributed by atoms with Crippen molar-refractivity contribution in [1.29, 1.82) is 0 Å². The average molecular weight is 399 g/mol. The third-order valence-corrected chi connectivity index (χ3v) is 5.42. The molecule has 1 amide bonds. The molecule has 29 heavy (non-hydrogen) atoms. The first-order chi connectivity index (χ1) is 14.2. The second-order valence-corrected chi connectivity index (χ2v) is 7.14. The van der Waals surface area contributed by atoms with Crippen molar-refractivity contribution in [2.75, 3.05) is 41.0 Å². The van der Waals surface area contributed by atoms with Crippen molar-refractivity contribution in [3.63, 3.8) is 0 Å². The lowest BCUT2D eigenvalue weighted by molar-refractivity contribution is 0.0918. The van der Waals surface area contributed by atoms with Gasteiger partial charge in [0.2, 0.25) is 0 Å². The molecule has 6 nitrogen and oxygen atoms in total. The minimum atomic E-state index is -0.204. The van der Waals surface area contributed by atoms with Crippen LogP contribution in [0.3, 0.4) is 0 Å². The molecule has 6 heteroatoms. The fourth-order valence-corrected chi connectivity index (χ4v) is 3.89. The number of carbonyl (C=O) groups is 1. The minimum absolute atomic E-state index is 0.0788. The molecular weight excluding hydrogens is 368 g/mol. The maximum atomic E-state index is 13.0. The fourth-order valence-electron chi connectivity index (χ4n) is 3.89. The molecule has 0 radical (unpaired) electrons. The van der Waals surface area contributed by atoms with E-state index in [4.69, 9.17) is 14.2 Å². The summed E-state index contributed by atoms with van der Waals surface area (Å²) in [6.07, 6.45) is 3.61. The maximum Gasteiger partial charge on any atom is 0.258 e. The maximum absolute atomic E-state index is 13.0. The lowest BCUT2D eigenvalue weighted by atomic mass is 10.0. The Hall–Kier alpha value is -2.73. The minimum Gasteiger partial charge on any atom is -0.497 e. The van der Waals surface area contributed by atoms with Crippen LogP contribution in [0.5, 0.6) is 17.2 Å². The van der Waals surface area contributed by atoms with Gasteiger partial charge in [-0.3, -0.25) is 9.69 Å². The smallest absolute Gasteiger partial charge is 0.258 e. The largest absolute Gasteiger partial charge is 0.497 e. The number of benzene rings is 2. The van der Waals surface area contributed by atoms with Crippen LogP contribution in [0.1, 0.15) is 41.2 Å². The number of nitrogens with zero attached hydrogens (tertiary/aromatic N) is 1. The number of rotatable bonds is 8. The zero-order valence-corrected chi connectivity index (χ0v) is 17.4. The van der Waals surface area contributed by atoms with Crippen LogP contribution in [-0.4, -0.2) is 51.8 Å². The molecule has 1 aliphatic heterocycles. The number of piperidine rings is 1. The SMILES string of the molecule is COc1cccc(C(CNC(=O)c2c(OC)cccc2OC)N2CCCCC2)c1. The monoisotopic (exact) mass is 398 g/mol. The fraction of sp³-hybridized carbons (Fsp3) is 0.435. The summed E-state index contributed by atoms with van der Waals surface area (Å²) in [5.41, 5.74) is 1.55. The zero-order valence-electron chi connectivity index (χ0n) is 17.4. The number of methoxy groups -OCH3 is 3. The van der Waals surface area contributed by atoms with Crippen molar-refractivity contribution in [3.05, 3.63) is 53.6 Å². The van der Waals surface area contributed by atoms with Crippen molar-refractivity contribution in [2.45, 2.75) is 25.3 Å². The summed E-state index contributed by atoms with van der Waals surface area (Å²) in [5.74, 6) is 1.61. The zero-order chi connectivity index (χ0) is 20.6. The number of carbonyl (C=O) groups excluding carboxylic acids is 1. The van der Waals surface area contributed by atoms with Crippen LogP contribution >= 0.6 is 0 Å². The van der Waals surface area contributed by atoms with Crippen LogP contribution in [-0.2, 0) is 0 Å². The topological polar surface area (TPSA) is 60.0 Å². The Morgan fingerprint density at radius 2 is 1.62 bits per heavy atom. The summed E-state index contributed by atoms with van der Waals surface area (Å²) in [6, 6.07) is 13.5. The number of hydrogen-bond acceptors (Lipinski definition) is 5. The summed E-state index contributed by atoms with van der Waals surface area (Å²) in [6.45, 7) is 2.54. The van der Waals surface area contributed by atoms with Crippen molar-refractivity contribution in [3.8, 4) is 17.2 Å². The van der Waals surface area contributed by atoms with Crippen LogP contribution in [0.25, 0.3) is 0 Å². The highest BCUT2D eigenvalue weighted by molar-refractivity contribution is 5.99. The highest BCUT2D eigenvalue weighted by Crippen LogP contribution is 2.30. The molecular formula is C23H30N2O4. The number of ether oxygens (including phenoxy) is 3. The summed E-state index contributed by atoms with van der Waals surface area (Å²) in [5, 5.41) is 3.10. The third kappa shape index (κ3) is 5.01. The predicted molar refractivity (Wildman–Crippen MR) is 113 cm³/mol. The van der Waals surface area contributed by atoms with Gasteiger partial charge in [-0.15, -0.1) is 0 Å². The van der Waals surface area contributed by atoms with Gasteiger partial charge in [-0.1, -0.05) is 24.6 Å². The van der Waals surface area contributed by atoms with E-state index in [0.717, 1.165) is 24.4 Å². The Morgan fingerprint density at radius 3 is 2.24 bits per heavy atom. The Bertz CT molecular complexity index is 796. The van der Waals surface area contributed by atoms with Gasteiger partial charge in [0.05, 0.1) is 27.4 Å². The van der Waals surface area contributed by atoms with E-state index in [1.54, 1.807) is 39.5 Å². The van der Waals surface area contributed by atoms with Crippen molar-refractivity contribution in [2.24, 2.45) is 0 Å². The molecule has 3 rings (SSSR count). The molecule has 1 N–H and O–H groups in total. The van der Waals surface area contributed by atoms with Crippen molar-refractivity contribution < 1.29 is 19.0 Å². The molecule has 0 aliphatic carbocycles. The molecule has 1 heterocycles. The van der Waals surface area contributed by atoms with Crippen LogP contribution in [0.2, 0.25) is 0 Å². The normalized spacial score (nSPS) is 15.4. The Balaban J connectivity index is 1.82. The molecule has 0 bridgehead atoms. The van der Waals surface area contributed by atoms with Crippen LogP contribution in [0.4, 0.5) is 0 Å². The number of nitrogens with one attached hydrogen (secondary N) is 1. The summed E-state index contributed by atoms with van der Waals surface area (Å²) >= 11 is 0. The van der Waals surface area contributed by atoms with E-state index in [-0.39, 0.29) is 11.9 Å². The van der Waals surface area contributed by atoms with Gasteiger partial charge in [-0.2, -0.15) is 0 Å². The molecule has 0 saturated carbocycles. The van der Waals surface area contributed by atoms with Gasteiger partial charge >= 0.3 is 0 Å². The quantitative estimate of drug-likeness (QED) is 0.735. The van der Waals surface area contributed by atoms with E-state index in [0.29, 0.717) is 23.6 Å². The third-order valence-electron chi connectivity index (χ3n) is 5.42. The first-order valence-corrected chi connectivity index (χ1v) is 10.0. The number of amides is 1. The van der Waals surface area contributed by atoms with Gasteiger partial charge in [0.15, 0.2) is 0 Å². The van der Waals surface area contributed by atoms with Crippen LogP contribution in [0.15, 0.2) is 42.5 Å².